The summed E-state index contributed by atoms with van der Waals surface area (Å²) in [6.07, 6.45) is -0.578. The van der Waals surface area contributed by atoms with E-state index in [1.807, 2.05) is 49.4 Å². The van der Waals surface area contributed by atoms with Gasteiger partial charge in [-0.25, -0.2) is 4.39 Å². The second kappa shape index (κ2) is 11.0. The van der Waals surface area contributed by atoms with Crippen molar-refractivity contribution in [2.75, 3.05) is 13.2 Å². The van der Waals surface area contributed by atoms with Gasteiger partial charge in [-0.1, -0.05) is 54.1 Å². The third-order valence-electron chi connectivity index (χ3n) is 4.59. The summed E-state index contributed by atoms with van der Waals surface area (Å²) in [7, 11) is 0. The summed E-state index contributed by atoms with van der Waals surface area (Å²) in [4.78, 5) is 0. The highest BCUT2D eigenvalue weighted by atomic mass is 35.5. The van der Waals surface area contributed by atoms with Gasteiger partial charge in [0.2, 0.25) is 0 Å². The van der Waals surface area contributed by atoms with Crippen molar-refractivity contribution in [1.29, 1.82) is 0 Å². The van der Waals surface area contributed by atoms with E-state index in [1.165, 1.54) is 6.07 Å². The van der Waals surface area contributed by atoms with Gasteiger partial charge in [0.05, 0.1) is 17.7 Å². The van der Waals surface area contributed by atoms with Crippen molar-refractivity contribution in [1.82, 2.24) is 5.32 Å². The molecule has 3 aromatic rings. The molecule has 0 aromatic heterocycles. The van der Waals surface area contributed by atoms with Crippen LogP contribution in [0.25, 0.3) is 0 Å². The monoisotopic (exact) mass is 429 g/mol. The molecule has 0 aliphatic heterocycles. The molecule has 0 amide bonds. The summed E-state index contributed by atoms with van der Waals surface area (Å²) in [5.41, 5.74) is 2.16. The minimum atomic E-state index is -0.578. The molecular formula is C24H25ClFNO3. The lowest BCUT2D eigenvalue weighted by Crippen LogP contribution is -2.21. The van der Waals surface area contributed by atoms with Gasteiger partial charge in [0, 0.05) is 18.7 Å². The van der Waals surface area contributed by atoms with Gasteiger partial charge in [0.15, 0.2) is 11.5 Å². The van der Waals surface area contributed by atoms with Crippen LogP contribution < -0.4 is 14.8 Å². The third kappa shape index (κ3) is 5.95. The number of aliphatic hydroxyl groups excluding tert-OH is 1. The molecule has 0 aliphatic carbocycles. The number of benzene rings is 3. The SMILES string of the molecule is CCOc1cc(CNC[C@@H](O)c2ccccc2)ccc1OCc1c(F)cccc1Cl. The van der Waals surface area contributed by atoms with E-state index in [4.69, 9.17) is 21.1 Å². The molecule has 0 spiro atoms. The Balaban J connectivity index is 1.61. The summed E-state index contributed by atoms with van der Waals surface area (Å²) in [6, 6.07) is 19.6. The molecule has 2 N–H and O–H groups in total. The van der Waals surface area contributed by atoms with E-state index < -0.39 is 11.9 Å². The first-order valence-corrected chi connectivity index (χ1v) is 10.2. The minimum Gasteiger partial charge on any atom is -0.490 e. The van der Waals surface area contributed by atoms with Crippen molar-refractivity contribution in [3.63, 3.8) is 0 Å². The van der Waals surface area contributed by atoms with Crippen molar-refractivity contribution in [3.05, 3.63) is 94.3 Å². The van der Waals surface area contributed by atoms with E-state index in [1.54, 1.807) is 18.2 Å². The maximum absolute atomic E-state index is 14.0. The van der Waals surface area contributed by atoms with Gasteiger partial charge in [0.25, 0.3) is 0 Å². The normalized spacial score (nSPS) is 11.9. The maximum atomic E-state index is 14.0. The van der Waals surface area contributed by atoms with Crippen LogP contribution in [0.3, 0.4) is 0 Å². The molecule has 0 saturated heterocycles. The van der Waals surface area contributed by atoms with Crippen LogP contribution >= 0.6 is 11.6 Å². The van der Waals surface area contributed by atoms with Gasteiger partial charge in [-0.15, -0.1) is 0 Å². The van der Waals surface area contributed by atoms with E-state index >= 15 is 0 Å². The topological polar surface area (TPSA) is 50.7 Å². The number of hydrogen-bond acceptors (Lipinski definition) is 4. The molecular weight excluding hydrogens is 405 g/mol. The molecule has 0 bridgehead atoms. The lowest BCUT2D eigenvalue weighted by atomic mass is 10.1. The number of rotatable bonds is 10. The van der Waals surface area contributed by atoms with Gasteiger partial charge in [-0.05, 0) is 42.3 Å². The van der Waals surface area contributed by atoms with Crippen LogP contribution in [-0.4, -0.2) is 18.3 Å². The van der Waals surface area contributed by atoms with Crippen molar-refractivity contribution in [2.24, 2.45) is 0 Å². The quantitative estimate of drug-likeness (QED) is 0.460. The van der Waals surface area contributed by atoms with Crippen LogP contribution in [0.4, 0.5) is 4.39 Å². The van der Waals surface area contributed by atoms with Gasteiger partial charge < -0.3 is 19.9 Å². The Kier molecular flexibility index (Phi) is 8.08. The molecule has 158 valence electrons. The molecule has 0 saturated carbocycles. The summed E-state index contributed by atoms with van der Waals surface area (Å²) in [5, 5.41) is 13.8. The number of nitrogens with one attached hydrogen (secondary N) is 1. The summed E-state index contributed by atoms with van der Waals surface area (Å²) in [5.74, 6) is 0.690. The highest BCUT2D eigenvalue weighted by Gasteiger charge is 2.12. The molecule has 6 heteroatoms. The van der Waals surface area contributed by atoms with E-state index in [0.717, 1.165) is 11.1 Å². The van der Waals surface area contributed by atoms with Crippen LogP contribution in [0.1, 0.15) is 29.7 Å². The molecule has 3 rings (SSSR count). The zero-order chi connectivity index (χ0) is 21.3. The van der Waals surface area contributed by atoms with E-state index in [2.05, 4.69) is 5.32 Å². The van der Waals surface area contributed by atoms with Crippen LogP contribution in [0.5, 0.6) is 11.5 Å². The lowest BCUT2D eigenvalue weighted by Gasteiger charge is -2.15. The minimum absolute atomic E-state index is 0.00639. The molecule has 0 radical (unpaired) electrons. The number of aliphatic hydroxyl groups is 1. The second-order valence-corrected chi connectivity index (χ2v) is 7.17. The number of ether oxygens (including phenoxy) is 2. The van der Waals surface area contributed by atoms with Gasteiger partial charge >= 0.3 is 0 Å². The standard InChI is InChI=1S/C24H25ClFNO3/c1-2-29-24-13-17(14-27-15-22(28)18-7-4-3-5-8-18)11-12-23(24)30-16-19-20(25)9-6-10-21(19)26/h3-13,22,27-28H,2,14-16H2,1H3/t22-/m1/s1. The average Bonchev–Trinajstić information content (AvgIpc) is 2.75. The molecule has 30 heavy (non-hydrogen) atoms. The number of hydrogen-bond donors (Lipinski definition) is 2. The zero-order valence-electron chi connectivity index (χ0n) is 16.8. The fourth-order valence-electron chi connectivity index (χ4n) is 3.02. The number of halogens is 2. The third-order valence-corrected chi connectivity index (χ3v) is 4.95. The fourth-order valence-corrected chi connectivity index (χ4v) is 3.23. The summed E-state index contributed by atoms with van der Waals surface area (Å²) in [6.45, 7) is 3.35. The molecule has 0 fully saturated rings. The van der Waals surface area contributed by atoms with Crippen LogP contribution in [0, 0.1) is 5.82 Å². The van der Waals surface area contributed by atoms with Crippen molar-refractivity contribution >= 4 is 11.6 Å². The van der Waals surface area contributed by atoms with Crippen LogP contribution in [0.2, 0.25) is 5.02 Å². The predicted molar refractivity (Wildman–Crippen MR) is 116 cm³/mol. The Morgan fingerprint density at radius 3 is 2.53 bits per heavy atom. The Bertz CT molecular complexity index is 932. The van der Waals surface area contributed by atoms with Gasteiger partial charge in [-0.3, -0.25) is 0 Å². The van der Waals surface area contributed by atoms with Crippen molar-refractivity contribution < 1.29 is 19.0 Å². The first kappa shape index (κ1) is 22.1. The molecule has 0 aliphatic rings. The van der Waals surface area contributed by atoms with Crippen LogP contribution in [-0.2, 0) is 13.2 Å². The van der Waals surface area contributed by atoms with E-state index in [-0.39, 0.29) is 6.61 Å². The fraction of sp³-hybridized carbons (Fsp3) is 0.250. The van der Waals surface area contributed by atoms with Gasteiger partial charge in [0.1, 0.15) is 12.4 Å². The summed E-state index contributed by atoms with van der Waals surface area (Å²) >= 11 is 6.07. The maximum Gasteiger partial charge on any atom is 0.161 e. The van der Waals surface area contributed by atoms with E-state index in [9.17, 15) is 9.50 Å². The molecule has 1 atom stereocenters. The Morgan fingerprint density at radius 1 is 1.00 bits per heavy atom. The molecule has 3 aromatic carbocycles. The second-order valence-electron chi connectivity index (χ2n) is 6.76. The summed E-state index contributed by atoms with van der Waals surface area (Å²) < 4.78 is 25.4. The first-order chi connectivity index (χ1) is 14.6. The van der Waals surface area contributed by atoms with Crippen LogP contribution in [0.15, 0.2) is 66.7 Å². The van der Waals surface area contributed by atoms with Crippen molar-refractivity contribution in [3.8, 4) is 11.5 Å². The largest absolute Gasteiger partial charge is 0.490 e. The van der Waals surface area contributed by atoms with Gasteiger partial charge in [-0.2, -0.15) is 0 Å². The highest BCUT2D eigenvalue weighted by Crippen LogP contribution is 2.30. The zero-order valence-corrected chi connectivity index (χ0v) is 17.5. The van der Waals surface area contributed by atoms with Crippen molar-refractivity contribution in [2.45, 2.75) is 26.2 Å². The Hall–Kier alpha value is -2.60. The average molecular weight is 430 g/mol. The lowest BCUT2D eigenvalue weighted by molar-refractivity contribution is 0.174. The first-order valence-electron chi connectivity index (χ1n) is 9.83. The highest BCUT2D eigenvalue weighted by molar-refractivity contribution is 6.31. The van der Waals surface area contributed by atoms with E-state index in [0.29, 0.717) is 41.8 Å². The Labute approximate surface area is 181 Å². The molecule has 0 heterocycles. The Morgan fingerprint density at radius 2 is 1.80 bits per heavy atom. The predicted octanol–water partition coefficient (Wildman–Crippen LogP) is 5.28. The molecule has 0 unspecified atom stereocenters. The molecule has 4 nitrogen and oxygen atoms in total. The smallest absolute Gasteiger partial charge is 0.161 e.